The fourth-order valence-electron chi connectivity index (χ4n) is 1.24. The first-order chi connectivity index (χ1) is 8.38. The van der Waals surface area contributed by atoms with Crippen molar-refractivity contribution in [1.82, 2.24) is 0 Å². The van der Waals surface area contributed by atoms with Gasteiger partial charge in [0.2, 0.25) is 0 Å². The molecule has 0 aliphatic carbocycles. The van der Waals surface area contributed by atoms with E-state index in [1.54, 1.807) is 0 Å². The Morgan fingerprint density at radius 1 is 1.28 bits per heavy atom. The molecule has 0 saturated heterocycles. The van der Waals surface area contributed by atoms with Crippen molar-refractivity contribution in [2.75, 3.05) is 10.5 Å². The quantitative estimate of drug-likeness (QED) is 0.856. The van der Waals surface area contributed by atoms with Crippen LogP contribution < -0.4 is 10.5 Å². The number of nitrogens with one attached hydrogen (secondary N) is 1. The summed E-state index contributed by atoms with van der Waals surface area (Å²) >= 11 is 6.58. The lowest BCUT2D eigenvalue weighted by molar-refractivity contribution is 0.603. The second kappa shape index (κ2) is 4.75. The summed E-state index contributed by atoms with van der Waals surface area (Å²) in [6, 6.07) is 6.54. The highest BCUT2D eigenvalue weighted by atomic mass is 35.5. The third-order valence-electron chi connectivity index (χ3n) is 2.07. The number of nitrogen functional groups attached to an aromatic ring is 1. The molecule has 0 atom stereocenters. The molecule has 18 heavy (non-hydrogen) atoms. The summed E-state index contributed by atoms with van der Waals surface area (Å²) in [5, 5.41) is 0. The summed E-state index contributed by atoms with van der Waals surface area (Å²) in [6.45, 7) is 0. The van der Waals surface area contributed by atoms with Crippen LogP contribution >= 0.6 is 22.9 Å². The van der Waals surface area contributed by atoms with Gasteiger partial charge in [-0.2, -0.15) is 0 Å². The Morgan fingerprint density at radius 2 is 2.00 bits per heavy atom. The highest BCUT2D eigenvalue weighted by Crippen LogP contribution is 2.27. The lowest BCUT2D eigenvalue weighted by Gasteiger charge is -2.06. The zero-order chi connectivity index (χ0) is 13.3. The van der Waals surface area contributed by atoms with E-state index in [-0.39, 0.29) is 15.6 Å². The molecule has 1 heterocycles. The maximum absolute atomic E-state index is 13.2. The number of benzene rings is 1. The number of hydrogen-bond donors (Lipinski definition) is 2. The van der Waals surface area contributed by atoms with E-state index in [1.165, 1.54) is 24.3 Å². The Balaban J connectivity index is 2.30. The SMILES string of the molecule is Nc1ccc(NS(=O)(=O)c2ccc(Cl)s2)cc1F. The number of halogens is 2. The van der Waals surface area contributed by atoms with E-state index in [2.05, 4.69) is 4.72 Å². The third kappa shape index (κ3) is 2.74. The Bertz CT molecular complexity index is 685. The van der Waals surface area contributed by atoms with Gasteiger partial charge in [0.25, 0.3) is 10.0 Å². The summed E-state index contributed by atoms with van der Waals surface area (Å²) in [5.74, 6) is -0.681. The smallest absolute Gasteiger partial charge is 0.271 e. The normalized spacial score (nSPS) is 11.4. The number of thiophene rings is 1. The number of rotatable bonds is 3. The second-order valence-corrected chi connectivity index (χ2v) is 7.02. The standard InChI is InChI=1S/C10H8ClFN2O2S2/c11-9-3-4-10(17-9)18(15,16)14-6-1-2-8(13)7(12)5-6/h1-5,14H,13H2. The van der Waals surface area contributed by atoms with Crippen molar-refractivity contribution in [2.24, 2.45) is 0 Å². The lowest BCUT2D eigenvalue weighted by atomic mass is 10.3. The van der Waals surface area contributed by atoms with E-state index in [1.807, 2.05) is 0 Å². The van der Waals surface area contributed by atoms with Gasteiger partial charge >= 0.3 is 0 Å². The topological polar surface area (TPSA) is 72.2 Å². The highest BCUT2D eigenvalue weighted by Gasteiger charge is 2.17. The first kappa shape index (κ1) is 13.1. The molecule has 96 valence electrons. The van der Waals surface area contributed by atoms with E-state index in [0.29, 0.717) is 4.34 Å². The van der Waals surface area contributed by atoms with Gasteiger partial charge in [-0.1, -0.05) is 11.6 Å². The molecular formula is C10H8ClFN2O2S2. The lowest BCUT2D eigenvalue weighted by Crippen LogP contribution is -2.11. The predicted octanol–water partition coefficient (Wildman–Crippen LogP) is 2.92. The predicted molar refractivity (Wildman–Crippen MR) is 70.9 cm³/mol. The average molecular weight is 307 g/mol. The Labute approximate surface area is 112 Å². The van der Waals surface area contributed by atoms with Crippen LogP contribution in [-0.4, -0.2) is 8.42 Å². The first-order valence-electron chi connectivity index (χ1n) is 4.72. The number of hydrogen-bond acceptors (Lipinski definition) is 4. The minimum atomic E-state index is -3.75. The summed E-state index contributed by atoms with van der Waals surface area (Å²) in [7, 11) is -3.75. The number of sulfonamides is 1. The van der Waals surface area contributed by atoms with E-state index in [4.69, 9.17) is 17.3 Å². The van der Waals surface area contributed by atoms with Gasteiger partial charge in [-0.25, -0.2) is 12.8 Å². The van der Waals surface area contributed by atoms with E-state index >= 15 is 0 Å². The Hall–Kier alpha value is -1.31. The van der Waals surface area contributed by atoms with Crippen LogP contribution in [0.5, 0.6) is 0 Å². The van der Waals surface area contributed by atoms with Crippen LogP contribution in [0.4, 0.5) is 15.8 Å². The largest absolute Gasteiger partial charge is 0.396 e. The summed E-state index contributed by atoms with van der Waals surface area (Å²) in [6.07, 6.45) is 0. The molecular weight excluding hydrogens is 299 g/mol. The van der Waals surface area contributed by atoms with Crippen molar-refractivity contribution in [3.63, 3.8) is 0 Å². The molecule has 0 aliphatic heterocycles. The van der Waals surface area contributed by atoms with Crippen molar-refractivity contribution < 1.29 is 12.8 Å². The van der Waals surface area contributed by atoms with Gasteiger partial charge in [-0.05, 0) is 24.3 Å². The molecule has 0 fully saturated rings. The maximum atomic E-state index is 13.2. The van der Waals surface area contributed by atoms with Crippen molar-refractivity contribution >= 4 is 44.3 Å². The molecule has 0 spiro atoms. The molecule has 0 radical (unpaired) electrons. The Kier molecular flexibility index (Phi) is 3.47. The molecule has 0 saturated carbocycles. The van der Waals surface area contributed by atoms with Gasteiger partial charge < -0.3 is 5.73 Å². The molecule has 2 aromatic rings. The molecule has 2 rings (SSSR count). The van der Waals surface area contributed by atoms with E-state index in [9.17, 15) is 12.8 Å². The average Bonchev–Trinajstić information content (AvgIpc) is 2.71. The summed E-state index contributed by atoms with van der Waals surface area (Å²) in [4.78, 5) is 0. The monoisotopic (exact) mass is 306 g/mol. The number of anilines is 2. The van der Waals surface area contributed by atoms with Gasteiger partial charge in [0.1, 0.15) is 10.0 Å². The summed E-state index contributed by atoms with van der Waals surface area (Å²) in [5.41, 5.74) is 5.36. The first-order valence-corrected chi connectivity index (χ1v) is 7.39. The van der Waals surface area contributed by atoms with Gasteiger partial charge in [0.05, 0.1) is 15.7 Å². The molecule has 0 bridgehead atoms. The van der Waals surface area contributed by atoms with E-state index in [0.717, 1.165) is 17.4 Å². The molecule has 3 N–H and O–H groups in total. The maximum Gasteiger partial charge on any atom is 0.271 e. The van der Waals surface area contributed by atoms with Gasteiger partial charge in [-0.3, -0.25) is 4.72 Å². The molecule has 8 heteroatoms. The van der Waals surface area contributed by atoms with Crippen molar-refractivity contribution in [1.29, 1.82) is 0 Å². The minimum Gasteiger partial charge on any atom is -0.396 e. The van der Waals surface area contributed by atoms with Crippen molar-refractivity contribution in [2.45, 2.75) is 4.21 Å². The molecule has 4 nitrogen and oxygen atoms in total. The minimum absolute atomic E-state index is 0.0443. The van der Waals surface area contributed by atoms with Crippen LogP contribution in [0.1, 0.15) is 0 Å². The fraction of sp³-hybridized carbons (Fsp3) is 0. The van der Waals surface area contributed by atoms with Crippen LogP contribution in [0.2, 0.25) is 4.34 Å². The molecule has 0 amide bonds. The van der Waals surface area contributed by atoms with Gasteiger partial charge in [0, 0.05) is 6.07 Å². The van der Waals surface area contributed by atoms with Gasteiger partial charge in [0.15, 0.2) is 0 Å². The second-order valence-electron chi connectivity index (χ2n) is 3.40. The Morgan fingerprint density at radius 3 is 2.56 bits per heavy atom. The van der Waals surface area contributed by atoms with Crippen molar-refractivity contribution in [3.8, 4) is 0 Å². The zero-order valence-corrected chi connectivity index (χ0v) is 11.2. The van der Waals surface area contributed by atoms with Crippen LogP contribution in [0.3, 0.4) is 0 Å². The third-order valence-corrected chi connectivity index (χ3v) is 5.17. The van der Waals surface area contributed by atoms with Crippen LogP contribution in [-0.2, 0) is 10.0 Å². The highest BCUT2D eigenvalue weighted by molar-refractivity contribution is 7.94. The summed E-state index contributed by atoms with van der Waals surface area (Å²) < 4.78 is 39.6. The van der Waals surface area contributed by atoms with Gasteiger partial charge in [-0.15, -0.1) is 11.3 Å². The molecule has 0 unspecified atom stereocenters. The van der Waals surface area contributed by atoms with Crippen molar-refractivity contribution in [3.05, 3.63) is 40.5 Å². The fourth-order valence-corrected chi connectivity index (χ4v) is 3.77. The van der Waals surface area contributed by atoms with Crippen LogP contribution in [0.15, 0.2) is 34.5 Å². The molecule has 0 aliphatic rings. The zero-order valence-electron chi connectivity index (χ0n) is 8.85. The molecule has 1 aromatic carbocycles. The van der Waals surface area contributed by atoms with E-state index < -0.39 is 15.8 Å². The van der Waals surface area contributed by atoms with Crippen LogP contribution in [0, 0.1) is 5.82 Å². The molecule has 1 aromatic heterocycles. The number of nitrogens with two attached hydrogens (primary N) is 1. The van der Waals surface area contributed by atoms with Crippen LogP contribution in [0.25, 0.3) is 0 Å².